The Bertz CT molecular complexity index is 600. The topological polar surface area (TPSA) is 96.1 Å². The Morgan fingerprint density at radius 3 is 2.86 bits per heavy atom. The number of aromatic hydroxyl groups is 2. The summed E-state index contributed by atoms with van der Waals surface area (Å²) in [7, 11) is 1.96. The Hall–Kier alpha value is -2.28. The van der Waals surface area contributed by atoms with Crippen molar-refractivity contribution in [3.8, 4) is 11.5 Å². The zero-order chi connectivity index (χ0) is 16.3. The van der Waals surface area contributed by atoms with Gasteiger partial charge in [-0.1, -0.05) is 11.6 Å². The third-order valence-corrected chi connectivity index (χ3v) is 3.87. The van der Waals surface area contributed by atoms with Crippen LogP contribution in [0.25, 0.3) is 0 Å². The first-order valence-electron chi connectivity index (χ1n) is 7.08. The van der Waals surface area contributed by atoms with Crippen LogP contribution < -0.4 is 0 Å². The van der Waals surface area contributed by atoms with Crippen LogP contribution in [-0.4, -0.2) is 40.4 Å². The van der Waals surface area contributed by atoms with Crippen LogP contribution in [0.5, 0.6) is 11.5 Å². The van der Waals surface area contributed by atoms with Gasteiger partial charge in [0.1, 0.15) is 18.1 Å². The van der Waals surface area contributed by atoms with E-state index in [2.05, 4.69) is 15.8 Å². The van der Waals surface area contributed by atoms with E-state index in [1.807, 2.05) is 14.0 Å². The van der Waals surface area contributed by atoms with Gasteiger partial charge >= 0.3 is 0 Å². The Balaban J connectivity index is 2.36. The molecule has 2 rings (SSSR count). The molecule has 0 bridgehead atoms. The summed E-state index contributed by atoms with van der Waals surface area (Å²) < 4.78 is 0. The molecule has 120 valence electrons. The number of rotatable bonds is 5. The maximum Gasteiger partial charge on any atom is 0.294 e. The second-order valence-electron chi connectivity index (χ2n) is 5.53. The van der Waals surface area contributed by atoms with Crippen LogP contribution >= 0.6 is 0 Å². The molecule has 0 amide bonds. The van der Waals surface area contributed by atoms with Crippen molar-refractivity contribution in [3.63, 3.8) is 0 Å². The van der Waals surface area contributed by atoms with E-state index < -0.39 is 5.09 Å². The zero-order valence-electron chi connectivity index (χ0n) is 12.7. The van der Waals surface area contributed by atoms with Crippen LogP contribution in [0.4, 0.5) is 0 Å². The van der Waals surface area contributed by atoms with Gasteiger partial charge in [-0.25, -0.2) is 0 Å². The van der Waals surface area contributed by atoms with E-state index in [1.165, 1.54) is 17.7 Å². The Morgan fingerprint density at radius 1 is 1.45 bits per heavy atom. The molecule has 0 spiro atoms. The molecular formula is C15H20N2O5. The number of benzene rings is 1. The zero-order valence-corrected chi connectivity index (χ0v) is 12.7. The highest BCUT2D eigenvalue weighted by molar-refractivity contribution is 5.49. The molecule has 0 radical (unpaired) electrons. The molecule has 1 unspecified atom stereocenters. The molecule has 1 aromatic rings. The lowest BCUT2D eigenvalue weighted by Gasteiger charge is -2.32. The highest BCUT2D eigenvalue weighted by Crippen LogP contribution is 2.38. The predicted molar refractivity (Wildman–Crippen MR) is 80.2 cm³/mol. The van der Waals surface area contributed by atoms with E-state index in [4.69, 9.17) is 0 Å². The predicted octanol–water partition coefficient (Wildman–Crippen LogP) is 2.17. The van der Waals surface area contributed by atoms with Crippen molar-refractivity contribution < 1.29 is 20.1 Å². The van der Waals surface area contributed by atoms with Gasteiger partial charge in [-0.05, 0) is 38.4 Å². The number of hydrogen-bond acceptors (Lipinski definition) is 6. The van der Waals surface area contributed by atoms with Gasteiger partial charge in [0.2, 0.25) is 0 Å². The molecule has 7 heteroatoms. The fraction of sp³-hybridized carbons (Fsp3) is 0.467. The van der Waals surface area contributed by atoms with E-state index in [0.29, 0.717) is 11.1 Å². The van der Waals surface area contributed by atoms with Crippen LogP contribution in [0.15, 0.2) is 23.8 Å². The lowest BCUT2D eigenvalue weighted by Crippen LogP contribution is -2.29. The molecular weight excluding hydrogens is 288 g/mol. The second-order valence-corrected chi connectivity index (χ2v) is 5.53. The SMILES string of the molecule is CC1=CC(c2c(O)cc(O)cc2CCO[N+](=O)[O-])N(C)CC1. The molecule has 0 fully saturated rings. The molecule has 22 heavy (non-hydrogen) atoms. The smallest absolute Gasteiger partial charge is 0.294 e. The molecule has 1 aliphatic heterocycles. The summed E-state index contributed by atoms with van der Waals surface area (Å²) in [6, 6.07) is 2.68. The standard InChI is InChI=1S/C15H20N2O5/c1-10-3-5-16(2)13(7-10)15-11(4-6-22-17(20)21)8-12(18)9-14(15)19/h7-9,13,18-19H,3-6H2,1-2H3. The van der Waals surface area contributed by atoms with Crippen molar-refractivity contribution in [3.05, 3.63) is 45.0 Å². The van der Waals surface area contributed by atoms with Crippen LogP contribution in [0.1, 0.15) is 30.5 Å². The van der Waals surface area contributed by atoms with Crippen molar-refractivity contribution in [2.24, 2.45) is 0 Å². The summed E-state index contributed by atoms with van der Waals surface area (Å²) in [5.74, 6) is -0.0876. The van der Waals surface area contributed by atoms with Gasteiger partial charge in [0.25, 0.3) is 5.09 Å². The van der Waals surface area contributed by atoms with E-state index in [-0.39, 0.29) is 30.6 Å². The third kappa shape index (κ3) is 3.67. The van der Waals surface area contributed by atoms with Gasteiger partial charge in [-0.3, -0.25) is 4.90 Å². The number of likely N-dealkylation sites (N-methyl/N-ethyl adjacent to an activating group) is 1. The van der Waals surface area contributed by atoms with E-state index in [0.717, 1.165) is 13.0 Å². The minimum atomic E-state index is -0.848. The van der Waals surface area contributed by atoms with Gasteiger partial charge in [0.05, 0.1) is 6.04 Å². The molecule has 2 N–H and O–H groups in total. The number of hydrogen-bond donors (Lipinski definition) is 2. The van der Waals surface area contributed by atoms with Crippen LogP contribution in [0, 0.1) is 10.1 Å². The van der Waals surface area contributed by atoms with Gasteiger partial charge in [-0.15, -0.1) is 10.1 Å². The number of nitrogens with zero attached hydrogens (tertiary/aromatic N) is 2. The normalized spacial score (nSPS) is 18.8. The Kier molecular flexibility index (Phi) is 4.87. The van der Waals surface area contributed by atoms with Gasteiger partial charge < -0.3 is 15.1 Å². The maximum absolute atomic E-state index is 10.3. The molecule has 7 nitrogen and oxygen atoms in total. The van der Waals surface area contributed by atoms with E-state index in [9.17, 15) is 20.3 Å². The van der Waals surface area contributed by atoms with Crippen molar-refractivity contribution in [1.82, 2.24) is 4.90 Å². The molecule has 0 saturated carbocycles. The fourth-order valence-electron chi connectivity index (χ4n) is 2.73. The first-order chi connectivity index (χ1) is 10.4. The number of phenols is 2. The van der Waals surface area contributed by atoms with Gasteiger partial charge in [0.15, 0.2) is 0 Å². The Morgan fingerprint density at radius 2 is 2.18 bits per heavy atom. The summed E-state index contributed by atoms with van der Waals surface area (Å²) in [4.78, 5) is 16.7. The first-order valence-corrected chi connectivity index (χ1v) is 7.08. The summed E-state index contributed by atoms with van der Waals surface area (Å²) in [6.07, 6.45) is 3.26. The van der Waals surface area contributed by atoms with Crippen molar-refractivity contribution in [2.75, 3.05) is 20.2 Å². The van der Waals surface area contributed by atoms with Crippen molar-refractivity contribution in [1.29, 1.82) is 0 Å². The average Bonchev–Trinajstić information content (AvgIpc) is 2.41. The second kappa shape index (κ2) is 6.65. The first kappa shape index (κ1) is 16.1. The molecule has 1 aromatic carbocycles. The van der Waals surface area contributed by atoms with Crippen LogP contribution in [0.2, 0.25) is 0 Å². The fourth-order valence-corrected chi connectivity index (χ4v) is 2.73. The maximum atomic E-state index is 10.3. The molecule has 1 atom stereocenters. The molecule has 0 saturated heterocycles. The quantitative estimate of drug-likeness (QED) is 0.491. The minimum absolute atomic E-state index is 0.0149. The van der Waals surface area contributed by atoms with Crippen LogP contribution in [-0.2, 0) is 11.3 Å². The van der Waals surface area contributed by atoms with Gasteiger partial charge in [0, 0.05) is 18.2 Å². The highest BCUT2D eigenvalue weighted by Gasteiger charge is 2.25. The largest absolute Gasteiger partial charge is 0.508 e. The van der Waals surface area contributed by atoms with Crippen molar-refractivity contribution in [2.45, 2.75) is 25.8 Å². The number of phenolic OH excluding ortho intramolecular Hbond substituents is 2. The minimum Gasteiger partial charge on any atom is -0.508 e. The molecule has 1 aliphatic rings. The van der Waals surface area contributed by atoms with Crippen LogP contribution in [0.3, 0.4) is 0 Å². The summed E-state index contributed by atoms with van der Waals surface area (Å²) in [5.41, 5.74) is 2.52. The average molecular weight is 308 g/mol. The van der Waals surface area contributed by atoms with Crippen molar-refractivity contribution >= 4 is 0 Å². The van der Waals surface area contributed by atoms with E-state index in [1.54, 1.807) is 0 Å². The summed E-state index contributed by atoms with van der Waals surface area (Å²) >= 11 is 0. The lowest BCUT2D eigenvalue weighted by molar-refractivity contribution is -0.757. The third-order valence-electron chi connectivity index (χ3n) is 3.87. The monoisotopic (exact) mass is 308 g/mol. The summed E-state index contributed by atoms with van der Waals surface area (Å²) in [6.45, 7) is 2.77. The lowest BCUT2D eigenvalue weighted by atomic mass is 9.92. The highest BCUT2D eigenvalue weighted by atomic mass is 16.9. The summed E-state index contributed by atoms with van der Waals surface area (Å²) in [5, 5.41) is 29.3. The molecule has 0 aromatic heterocycles. The molecule has 1 heterocycles. The van der Waals surface area contributed by atoms with Gasteiger partial charge in [-0.2, -0.15) is 0 Å². The molecule has 0 aliphatic carbocycles. The van der Waals surface area contributed by atoms with E-state index >= 15 is 0 Å². The Labute approximate surface area is 128 Å².